The van der Waals surface area contributed by atoms with Crippen LogP contribution in [0.1, 0.15) is 23.7 Å². The second-order valence-corrected chi connectivity index (χ2v) is 4.40. The number of ether oxygens (including phenoxy) is 1. The van der Waals surface area contributed by atoms with Crippen molar-refractivity contribution in [2.24, 2.45) is 0 Å². The highest BCUT2D eigenvalue weighted by atomic mass is 16.5. The quantitative estimate of drug-likeness (QED) is 0.661. The number of rotatable bonds is 7. The Morgan fingerprint density at radius 2 is 1.86 bits per heavy atom. The molecular weight excluding hydrogens is 276 g/mol. The van der Waals surface area contributed by atoms with Crippen molar-refractivity contribution in [3.8, 4) is 0 Å². The highest BCUT2D eigenvalue weighted by molar-refractivity contribution is 5.95. The van der Waals surface area contributed by atoms with Gasteiger partial charge in [0.25, 0.3) is 0 Å². The highest BCUT2D eigenvalue weighted by Crippen LogP contribution is 2.10. The topological polar surface area (TPSA) is 105 Å². The van der Waals surface area contributed by atoms with Gasteiger partial charge in [-0.05, 0) is 31.2 Å². The third kappa shape index (κ3) is 5.62. The summed E-state index contributed by atoms with van der Waals surface area (Å²) in [6.07, 6.45) is 0.169. The summed E-state index contributed by atoms with van der Waals surface area (Å²) in [6.45, 7) is 1.67. The van der Waals surface area contributed by atoms with Crippen LogP contribution in [0, 0.1) is 0 Å². The average Bonchev–Trinajstić information content (AvgIpc) is 2.43. The Bertz CT molecular complexity index is 513. The van der Waals surface area contributed by atoms with Crippen LogP contribution in [0.3, 0.4) is 0 Å². The van der Waals surface area contributed by atoms with Crippen LogP contribution < -0.4 is 10.6 Å². The van der Waals surface area contributed by atoms with E-state index in [4.69, 9.17) is 9.84 Å². The molecular formula is C14H18N2O5. The fourth-order valence-corrected chi connectivity index (χ4v) is 1.61. The van der Waals surface area contributed by atoms with E-state index < -0.39 is 18.0 Å². The summed E-state index contributed by atoms with van der Waals surface area (Å²) in [6, 6.07) is 4.65. The van der Waals surface area contributed by atoms with E-state index in [1.807, 2.05) is 0 Å². The fourth-order valence-electron chi connectivity index (χ4n) is 1.61. The number of carbonyl (C=O) groups excluding carboxylic acids is 2. The first-order valence-electron chi connectivity index (χ1n) is 6.34. The molecule has 0 heterocycles. The number of carboxylic acid groups (broad SMARTS) is 1. The van der Waals surface area contributed by atoms with Crippen molar-refractivity contribution in [1.29, 1.82) is 0 Å². The Balaban J connectivity index is 2.59. The second-order valence-electron chi connectivity index (χ2n) is 4.40. The van der Waals surface area contributed by atoms with Gasteiger partial charge in [-0.2, -0.15) is 0 Å². The second kappa shape index (κ2) is 8.01. The van der Waals surface area contributed by atoms with Crippen molar-refractivity contribution < 1.29 is 24.2 Å². The van der Waals surface area contributed by atoms with Crippen LogP contribution in [0.15, 0.2) is 24.3 Å². The van der Waals surface area contributed by atoms with E-state index >= 15 is 0 Å². The van der Waals surface area contributed by atoms with Crippen molar-refractivity contribution >= 4 is 23.5 Å². The number of nitrogens with one attached hydrogen (secondary N) is 2. The Hall–Kier alpha value is -2.41. The molecule has 0 aliphatic rings. The first-order chi connectivity index (χ1) is 9.93. The van der Waals surface area contributed by atoms with Crippen LogP contribution in [-0.4, -0.2) is 42.6 Å². The Kier molecular flexibility index (Phi) is 6.35. The molecule has 0 bridgehead atoms. The molecule has 3 N–H and O–H groups in total. The molecule has 7 heteroatoms. The lowest BCUT2D eigenvalue weighted by atomic mass is 10.1. The van der Waals surface area contributed by atoms with Crippen molar-refractivity contribution in [3.63, 3.8) is 0 Å². The van der Waals surface area contributed by atoms with E-state index in [9.17, 15) is 14.4 Å². The summed E-state index contributed by atoms with van der Waals surface area (Å²) in [7, 11) is 1.45. The van der Waals surface area contributed by atoms with Gasteiger partial charge >= 0.3 is 12.0 Å². The summed E-state index contributed by atoms with van der Waals surface area (Å²) in [5, 5.41) is 13.8. The molecule has 7 nitrogen and oxygen atoms in total. The molecule has 114 valence electrons. The third-order valence-corrected chi connectivity index (χ3v) is 2.76. The average molecular weight is 294 g/mol. The minimum atomic E-state index is -1.13. The van der Waals surface area contributed by atoms with Gasteiger partial charge in [0.2, 0.25) is 0 Å². The Morgan fingerprint density at radius 1 is 1.24 bits per heavy atom. The summed E-state index contributed by atoms with van der Waals surface area (Å²) < 4.78 is 4.79. The molecule has 0 aromatic heterocycles. The fraction of sp³-hybridized carbons (Fsp3) is 0.357. The van der Waals surface area contributed by atoms with Crippen molar-refractivity contribution in [1.82, 2.24) is 5.32 Å². The van der Waals surface area contributed by atoms with Gasteiger partial charge in [-0.15, -0.1) is 0 Å². The van der Waals surface area contributed by atoms with Crippen LogP contribution in [0.2, 0.25) is 0 Å². The number of urea groups is 1. The molecule has 0 fully saturated rings. The van der Waals surface area contributed by atoms with Crippen LogP contribution in [0.5, 0.6) is 0 Å². The lowest BCUT2D eigenvalue weighted by Crippen LogP contribution is -2.43. The zero-order valence-corrected chi connectivity index (χ0v) is 11.9. The normalized spacial score (nSPS) is 11.5. The number of hydrogen-bond donors (Lipinski definition) is 3. The lowest BCUT2D eigenvalue weighted by molar-refractivity contribution is -0.139. The zero-order chi connectivity index (χ0) is 15.8. The Labute approximate surface area is 122 Å². The smallest absolute Gasteiger partial charge is 0.326 e. The van der Waals surface area contributed by atoms with Gasteiger partial charge in [0, 0.05) is 31.4 Å². The van der Waals surface area contributed by atoms with E-state index in [0.29, 0.717) is 11.3 Å². The number of aliphatic carboxylic acids is 1. The van der Waals surface area contributed by atoms with E-state index in [0.717, 1.165) is 0 Å². The van der Waals surface area contributed by atoms with E-state index in [2.05, 4.69) is 10.6 Å². The summed E-state index contributed by atoms with van der Waals surface area (Å²) in [5.41, 5.74) is 0.998. The maximum absolute atomic E-state index is 11.7. The molecule has 2 amide bonds. The van der Waals surface area contributed by atoms with Gasteiger partial charge in [0.15, 0.2) is 5.78 Å². The van der Waals surface area contributed by atoms with Gasteiger partial charge in [-0.3, -0.25) is 4.79 Å². The molecule has 0 saturated heterocycles. The molecule has 1 rings (SSSR count). The van der Waals surface area contributed by atoms with Crippen molar-refractivity contribution in [3.05, 3.63) is 29.8 Å². The largest absolute Gasteiger partial charge is 0.480 e. The summed E-state index contributed by atoms with van der Waals surface area (Å²) >= 11 is 0. The molecule has 1 aromatic carbocycles. The van der Waals surface area contributed by atoms with E-state index in [1.54, 1.807) is 24.3 Å². The first kappa shape index (κ1) is 16.6. The predicted octanol–water partition coefficient (Wildman–Crippen LogP) is 1.50. The van der Waals surface area contributed by atoms with Gasteiger partial charge in [-0.1, -0.05) is 0 Å². The van der Waals surface area contributed by atoms with Crippen molar-refractivity contribution in [2.75, 3.05) is 19.0 Å². The van der Waals surface area contributed by atoms with Crippen LogP contribution in [-0.2, 0) is 9.53 Å². The lowest BCUT2D eigenvalue weighted by Gasteiger charge is -2.14. The van der Waals surface area contributed by atoms with Gasteiger partial charge < -0.3 is 20.5 Å². The zero-order valence-electron chi connectivity index (χ0n) is 11.9. The predicted molar refractivity (Wildman–Crippen MR) is 76.5 cm³/mol. The molecule has 1 unspecified atom stereocenters. The van der Waals surface area contributed by atoms with Crippen LogP contribution >= 0.6 is 0 Å². The van der Waals surface area contributed by atoms with Gasteiger partial charge in [0.05, 0.1) is 0 Å². The summed E-state index contributed by atoms with van der Waals surface area (Å²) in [4.78, 5) is 33.8. The standard InChI is InChI=1S/C14H18N2O5/c1-9(17)10-3-5-11(6-4-10)15-14(20)16-12(13(18)19)7-8-21-2/h3-6,12H,7-8H2,1-2H3,(H,18,19)(H2,15,16,20). The molecule has 21 heavy (non-hydrogen) atoms. The first-order valence-corrected chi connectivity index (χ1v) is 6.34. The monoisotopic (exact) mass is 294 g/mol. The molecule has 0 radical (unpaired) electrons. The number of anilines is 1. The minimum absolute atomic E-state index is 0.0727. The Morgan fingerprint density at radius 3 is 2.33 bits per heavy atom. The molecule has 0 aliphatic carbocycles. The maximum Gasteiger partial charge on any atom is 0.326 e. The number of carboxylic acids is 1. The SMILES string of the molecule is COCCC(NC(=O)Nc1ccc(C(C)=O)cc1)C(=O)O. The number of methoxy groups -OCH3 is 1. The molecule has 1 atom stereocenters. The highest BCUT2D eigenvalue weighted by Gasteiger charge is 2.19. The number of benzene rings is 1. The number of carbonyl (C=O) groups is 3. The van der Waals surface area contributed by atoms with Crippen LogP contribution in [0.4, 0.5) is 10.5 Å². The van der Waals surface area contributed by atoms with Crippen LogP contribution in [0.25, 0.3) is 0 Å². The molecule has 0 aliphatic heterocycles. The number of amides is 2. The van der Waals surface area contributed by atoms with E-state index in [-0.39, 0.29) is 18.8 Å². The minimum Gasteiger partial charge on any atom is -0.480 e. The van der Waals surface area contributed by atoms with Crippen molar-refractivity contribution in [2.45, 2.75) is 19.4 Å². The maximum atomic E-state index is 11.7. The number of hydrogen-bond acceptors (Lipinski definition) is 4. The number of ketones is 1. The number of Topliss-reactive ketones (excluding diaryl/α,β-unsaturated/α-hetero) is 1. The van der Waals surface area contributed by atoms with Gasteiger partial charge in [-0.25, -0.2) is 9.59 Å². The molecule has 0 spiro atoms. The van der Waals surface area contributed by atoms with E-state index in [1.165, 1.54) is 14.0 Å². The van der Waals surface area contributed by atoms with Gasteiger partial charge in [0.1, 0.15) is 6.04 Å². The third-order valence-electron chi connectivity index (χ3n) is 2.76. The summed E-state index contributed by atoms with van der Waals surface area (Å²) in [5.74, 6) is -1.20. The molecule has 1 aromatic rings. The molecule has 0 saturated carbocycles.